The number of carbonyl (C=O) groups is 2. The van der Waals surface area contributed by atoms with Gasteiger partial charge in [0.25, 0.3) is 0 Å². The number of aromatic nitrogens is 2. The Bertz CT molecular complexity index is 741. The van der Waals surface area contributed by atoms with E-state index >= 15 is 0 Å². The quantitative estimate of drug-likeness (QED) is 0.705. The molecule has 1 N–H and O–H groups in total. The van der Waals surface area contributed by atoms with Gasteiger partial charge in [-0.15, -0.1) is 0 Å². The van der Waals surface area contributed by atoms with Crippen LogP contribution in [-0.4, -0.2) is 82.0 Å². The summed E-state index contributed by atoms with van der Waals surface area (Å²) in [7, 11) is 0. The summed E-state index contributed by atoms with van der Waals surface area (Å²) in [6, 6.07) is -0.145. The molecule has 0 unspecified atom stereocenters. The zero-order valence-electron chi connectivity index (χ0n) is 17.3. The highest BCUT2D eigenvalue weighted by molar-refractivity contribution is 7.98. The third kappa shape index (κ3) is 4.45. The van der Waals surface area contributed by atoms with Gasteiger partial charge < -0.3 is 19.6 Å². The van der Waals surface area contributed by atoms with Crippen LogP contribution in [0.3, 0.4) is 0 Å². The van der Waals surface area contributed by atoms with E-state index in [4.69, 9.17) is 4.52 Å². The van der Waals surface area contributed by atoms with Crippen molar-refractivity contribution < 1.29 is 14.1 Å². The fraction of sp³-hybridized carbons (Fsp3) is 0.800. The zero-order valence-corrected chi connectivity index (χ0v) is 18.1. The zero-order chi connectivity index (χ0) is 20.4. The van der Waals surface area contributed by atoms with Crippen molar-refractivity contribution in [2.75, 3.05) is 38.2 Å². The van der Waals surface area contributed by atoms with Crippen molar-refractivity contribution in [1.29, 1.82) is 0 Å². The maximum Gasteiger partial charge on any atom is 0.243 e. The van der Waals surface area contributed by atoms with Gasteiger partial charge in [-0.1, -0.05) is 5.16 Å². The summed E-state index contributed by atoms with van der Waals surface area (Å²) < 4.78 is 4.99. The van der Waals surface area contributed by atoms with Gasteiger partial charge in [-0.25, -0.2) is 0 Å². The SMILES string of the molecule is CSCCN1C[C@@H]2C[C@H](C1)[C@H](C(=O)NCCc1noc(C)n1)N1C(=O)CCC[C@@H]21. The maximum absolute atomic E-state index is 13.2. The van der Waals surface area contributed by atoms with Crippen LogP contribution in [0, 0.1) is 18.8 Å². The van der Waals surface area contributed by atoms with Gasteiger partial charge in [0, 0.05) is 63.7 Å². The average molecular weight is 422 g/mol. The van der Waals surface area contributed by atoms with Crippen molar-refractivity contribution in [3.8, 4) is 0 Å². The highest BCUT2D eigenvalue weighted by Crippen LogP contribution is 2.41. The maximum atomic E-state index is 13.2. The smallest absolute Gasteiger partial charge is 0.243 e. The molecule has 3 aliphatic heterocycles. The van der Waals surface area contributed by atoms with Gasteiger partial charge in [-0.05, 0) is 31.4 Å². The number of amides is 2. The Morgan fingerprint density at radius 2 is 2.17 bits per heavy atom. The molecule has 4 atom stereocenters. The number of piperidine rings is 3. The first kappa shape index (κ1) is 20.7. The lowest BCUT2D eigenvalue weighted by Crippen LogP contribution is -2.68. The van der Waals surface area contributed by atoms with Crippen LogP contribution in [0.25, 0.3) is 0 Å². The number of rotatable bonds is 7. The third-order valence-electron chi connectivity index (χ3n) is 6.51. The Labute approximate surface area is 176 Å². The lowest BCUT2D eigenvalue weighted by Gasteiger charge is -2.55. The molecule has 160 valence electrons. The monoisotopic (exact) mass is 421 g/mol. The molecule has 0 aliphatic carbocycles. The summed E-state index contributed by atoms with van der Waals surface area (Å²) in [4.78, 5) is 34.7. The minimum atomic E-state index is -0.354. The number of thioether (sulfide) groups is 1. The Morgan fingerprint density at radius 1 is 1.34 bits per heavy atom. The van der Waals surface area contributed by atoms with Crippen molar-refractivity contribution in [1.82, 2.24) is 25.3 Å². The van der Waals surface area contributed by atoms with Crippen molar-refractivity contribution in [3.63, 3.8) is 0 Å². The van der Waals surface area contributed by atoms with Crippen molar-refractivity contribution in [2.45, 2.75) is 51.1 Å². The molecule has 0 saturated carbocycles. The molecular formula is C20H31N5O3S. The molecule has 4 heterocycles. The lowest BCUT2D eigenvalue weighted by molar-refractivity contribution is -0.160. The summed E-state index contributed by atoms with van der Waals surface area (Å²) in [6.45, 7) is 5.21. The molecule has 9 heteroatoms. The van der Waals surface area contributed by atoms with E-state index < -0.39 is 0 Å². The molecule has 2 amide bonds. The minimum absolute atomic E-state index is 0.0272. The summed E-state index contributed by atoms with van der Waals surface area (Å²) >= 11 is 1.86. The van der Waals surface area contributed by atoms with E-state index in [1.165, 1.54) is 0 Å². The number of nitrogens with zero attached hydrogens (tertiary/aromatic N) is 4. The third-order valence-corrected chi connectivity index (χ3v) is 7.11. The van der Waals surface area contributed by atoms with Crippen LogP contribution in [-0.2, 0) is 16.0 Å². The molecule has 0 radical (unpaired) electrons. The van der Waals surface area contributed by atoms with E-state index in [1.54, 1.807) is 6.92 Å². The predicted octanol–water partition coefficient (Wildman–Crippen LogP) is 1.10. The van der Waals surface area contributed by atoms with E-state index in [0.717, 1.165) is 44.6 Å². The topological polar surface area (TPSA) is 91.6 Å². The number of hydrogen-bond donors (Lipinski definition) is 1. The van der Waals surface area contributed by atoms with Gasteiger partial charge in [-0.3, -0.25) is 9.59 Å². The van der Waals surface area contributed by atoms with Gasteiger partial charge in [-0.2, -0.15) is 16.7 Å². The van der Waals surface area contributed by atoms with Crippen LogP contribution in [0.2, 0.25) is 0 Å². The number of hydrogen-bond acceptors (Lipinski definition) is 7. The molecule has 2 bridgehead atoms. The van der Waals surface area contributed by atoms with Gasteiger partial charge in [0.1, 0.15) is 6.04 Å². The molecular weight excluding hydrogens is 390 g/mol. The number of nitrogens with one attached hydrogen (secondary N) is 1. The predicted molar refractivity (Wildman–Crippen MR) is 110 cm³/mol. The molecule has 1 aromatic rings. The molecule has 0 aromatic carbocycles. The normalized spacial score (nSPS) is 29.6. The van der Waals surface area contributed by atoms with E-state index in [1.807, 2.05) is 16.7 Å². The van der Waals surface area contributed by atoms with Gasteiger partial charge in [0.05, 0.1) is 0 Å². The first-order chi connectivity index (χ1) is 14.1. The van der Waals surface area contributed by atoms with Crippen LogP contribution in [0.4, 0.5) is 0 Å². The largest absolute Gasteiger partial charge is 0.354 e. The fourth-order valence-corrected chi connectivity index (χ4v) is 5.78. The van der Waals surface area contributed by atoms with E-state index in [0.29, 0.717) is 37.0 Å². The van der Waals surface area contributed by atoms with E-state index in [-0.39, 0.29) is 29.8 Å². The van der Waals surface area contributed by atoms with Gasteiger partial charge >= 0.3 is 0 Å². The number of fused-ring (bicyclic) bond motifs is 4. The first-order valence-corrected chi connectivity index (χ1v) is 12.1. The minimum Gasteiger partial charge on any atom is -0.354 e. The molecule has 3 fully saturated rings. The van der Waals surface area contributed by atoms with Crippen LogP contribution in [0.5, 0.6) is 0 Å². The molecule has 0 spiro atoms. The first-order valence-electron chi connectivity index (χ1n) is 10.7. The summed E-state index contributed by atoms with van der Waals surface area (Å²) in [5, 5.41) is 6.93. The van der Waals surface area contributed by atoms with Crippen LogP contribution in [0.1, 0.15) is 37.4 Å². The molecule has 1 aromatic heterocycles. The van der Waals surface area contributed by atoms with Crippen molar-refractivity contribution in [3.05, 3.63) is 11.7 Å². The summed E-state index contributed by atoms with van der Waals surface area (Å²) in [6.07, 6.45) is 6.24. The lowest BCUT2D eigenvalue weighted by atomic mass is 9.71. The second-order valence-electron chi connectivity index (χ2n) is 8.48. The molecule has 3 saturated heterocycles. The van der Waals surface area contributed by atoms with Gasteiger partial charge in [0.2, 0.25) is 17.7 Å². The number of aryl methyl sites for hydroxylation is 1. The second kappa shape index (κ2) is 9.04. The Kier molecular flexibility index (Phi) is 6.44. The highest BCUT2D eigenvalue weighted by atomic mass is 32.2. The van der Waals surface area contributed by atoms with Crippen molar-refractivity contribution in [2.24, 2.45) is 11.8 Å². The Morgan fingerprint density at radius 3 is 2.93 bits per heavy atom. The fourth-order valence-electron chi connectivity index (χ4n) is 5.34. The van der Waals surface area contributed by atoms with E-state index in [2.05, 4.69) is 26.6 Å². The van der Waals surface area contributed by atoms with Gasteiger partial charge in [0.15, 0.2) is 5.82 Å². The van der Waals surface area contributed by atoms with Crippen LogP contribution < -0.4 is 5.32 Å². The highest BCUT2D eigenvalue weighted by Gasteiger charge is 2.51. The molecule has 4 rings (SSSR count). The Hall–Kier alpha value is -1.61. The standard InChI is InChI=1S/C20H31N5O3S/c1-13-22-17(23-28-13)6-7-21-20(27)19-15-10-14(11-24(12-15)8-9-29-2)16-4-3-5-18(26)25(16)19/h14-16,19H,3-12H2,1-2H3,(H,21,27)/t14-,15+,16-,19+/m0/s1. The molecule has 29 heavy (non-hydrogen) atoms. The second-order valence-corrected chi connectivity index (χ2v) is 9.47. The average Bonchev–Trinajstić information content (AvgIpc) is 3.12. The molecule has 8 nitrogen and oxygen atoms in total. The Balaban J connectivity index is 1.46. The number of carbonyl (C=O) groups excluding carboxylic acids is 2. The number of likely N-dealkylation sites (tertiary alicyclic amines) is 1. The van der Waals surface area contributed by atoms with Crippen molar-refractivity contribution >= 4 is 23.6 Å². The van der Waals surface area contributed by atoms with Crippen LogP contribution >= 0.6 is 11.8 Å². The summed E-state index contributed by atoms with van der Waals surface area (Å²) in [5.41, 5.74) is 0. The summed E-state index contributed by atoms with van der Waals surface area (Å²) in [5.74, 6) is 3.06. The van der Waals surface area contributed by atoms with Crippen LogP contribution in [0.15, 0.2) is 4.52 Å². The molecule has 3 aliphatic rings. The van der Waals surface area contributed by atoms with E-state index in [9.17, 15) is 9.59 Å².